The highest BCUT2D eigenvalue weighted by molar-refractivity contribution is 6.31. The van der Waals surface area contributed by atoms with Gasteiger partial charge in [0.05, 0.1) is 35.8 Å². The second-order valence-corrected chi connectivity index (χ2v) is 8.51. The topological polar surface area (TPSA) is 119 Å². The maximum atomic E-state index is 14.3. The largest absolute Gasteiger partial charge is 0.393 e. The number of rotatable bonds is 7. The molecule has 170 valence electrons. The number of fused-ring (bicyclic) bond motifs is 2. The van der Waals surface area contributed by atoms with Gasteiger partial charge in [-0.1, -0.05) is 17.7 Å². The van der Waals surface area contributed by atoms with Gasteiger partial charge in [0.15, 0.2) is 5.82 Å². The monoisotopic (exact) mass is 468 g/mol. The number of hydrogen-bond acceptors (Lipinski definition) is 6. The molecule has 5 N–H and O–H groups in total. The van der Waals surface area contributed by atoms with Gasteiger partial charge in [-0.25, -0.2) is 20.2 Å². The van der Waals surface area contributed by atoms with Gasteiger partial charge in [0, 0.05) is 24.8 Å². The van der Waals surface area contributed by atoms with Crippen LogP contribution in [0.3, 0.4) is 0 Å². The van der Waals surface area contributed by atoms with Crippen molar-refractivity contribution in [1.29, 1.82) is 0 Å². The lowest BCUT2D eigenvalue weighted by Gasteiger charge is -2.13. The Hall–Kier alpha value is -3.63. The molecule has 4 aromatic heterocycles. The fourth-order valence-corrected chi connectivity index (χ4v) is 3.89. The molecule has 4 heterocycles. The zero-order chi connectivity index (χ0) is 23.1. The van der Waals surface area contributed by atoms with Crippen LogP contribution in [-0.2, 0) is 17.9 Å². The summed E-state index contributed by atoms with van der Waals surface area (Å²) in [5.41, 5.74) is 9.21. The number of carbonyl (C=O) groups is 1. The fourth-order valence-electron chi connectivity index (χ4n) is 3.75. The zero-order valence-electron chi connectivity index (χ0n) is 17.6. The molecule has 1 saturated carbocycles. The van der Waals surface area contributed by atoms with Crippen molar-refractivity contribution >= 4 is 28.7 Å². The summed E-state index contributed by atoms with van der Waals surface area (Å²) < 4.78 is 17.8. The van der Waals surface area contributed by atoms with Crippen molar-refractivity contribution in [3.8, 4) is 0 Å². The number of nitrogens with two attached hydrogens (primary N) is 2. The molecule has 1 amide bonds. The third-order valence-electron chi connectivity index (χ3n) is 5.57. The minimum absolute atomic E-state index is 0.0236. The smallest absolute Gasteiger partial charge is 0.269 e. The summed E-state index contributed by atoms with van der Waals surface area (Å²) >= 11 is 5.84. The lowest BCUT2D eigenvalue weighted by atomic mass is 10.2. The molecule has 0 saturated heterocycles. The highest BCUT2D eigenvalue weighted by Gasteiger charge is 2.23. The van der Waals surface area contributed by atoms with Crippen molar-refractivity contribution in [2.24, 2.45) is 11.6 Å². The minimum atomic E-state index is -0.603. The number of imidazole rings is 2. The normalized spacial score (nSPS) is 14.2. The summed E-state index contributed by atoms with van der Waals surface area (Å²) in [6.07, 6.45) is 10.8. The van der Waals surface area contributed by atoms with E-state index >= 15 is 0 Å². The second-order valence-electron chi connectivity index (χ2n) is 8.10. The van der Waals surface area contributed by atoms with E-state index < -0.39 is 11.7 Å². The lowest BCUT2D eigenvalue weighted by molar-refractivity contribution is -0.117. The van der Waals surface area contributed by atoms with Crippen molar-refractivity contribution in [1.82, 2.24) is 29.1 Å². The number of pyridine rings is 2. The standard InChI is InChI=1S/C22H22ClFN8O/c23-16-5-6-30-12-28-18(21(30)20(16)24)7-27-22(33)17(25)11-32(26)10-15-9-31-8-14(13-1-2-13)3-4-19(31)29-15/h3-6,8-9,11-13H,1-2,7,10,25-26H2,(H,27,33)/b17-11-. The van der Waals surface area contributed by atoms with E-state index in [1.807, 2.05) is 16.7 Å². The Kier molecular flexibility index (Phi) is 5.39. The summed E-state index contributed by atoms with van der Waals surface area (Å²) in [6.45, 7) is 0.241. The SMILES string of the molecule is N/C(=C\N(N)Cc1cn2cc(C3CC3)ccc2n1)C(=O)NCc1ncn2ccc(Cl)c(F)c12. The van der Waals surface area contributed by atoms with Crippen molar-refractivity contribution in [2.75, 3.05) is 0 Å². The first-order valence-electron chi connectivity index (χ1n) is 10.4. The first-order valence-corrected chi connectivity index (χ1v) is 10.8. The molecule has 1 aliphatic carbocycles. The summed E-state index contributed by atoms with van der Waals surface area (Å²) in [4.78, 5) is 21.1. The molecule has 0 unspecified atom stereocenters. The molecule has 1 aliphatic rings. The number of aromatic nitrogens is 4. The van der Waals surface area contributed by atoms with E-state index in [0.29, 0.717) is 11.6 Å². The molecular weight excluding hydrogens is 447 g/mol. The zero-order valence-corrected chi connectivity index (χ0v) is 18.3. The third-order valence-corrected chi connectivity index (χ3v) is 5.86. The molecule has 0 aliphatic heterocycles. The van der Waals surface area contributed by atoms with Gasteiger partial charge in [0.1, 0.15) is 16.9 Å². The van der Waals surface area contributed by atoms with Gasteiger partial charge < -0.3 is 24.9 Å². The Morgan fingerprint density at radius 1 is 1.30 bits per heavy atom. The maximum absolute atomic E-state index is 14.3. The molecule has 0 aromatic carbocycles. The van der Waals surface area contributed by atoms with Crippen molar-refractivity contribution in [3.05, 3.63) is 82.8 Å². The molecule has 0 spiro atoms. The van der Waals surface area contributed by atoms with Crippen molar-refractivity contribution in [2.45, 2.75) is 31.8 Å². The van der Waals surface area contributed by atoms with E-state index in [1.54, 1.807) is 6.20 Å². The summed E-state index contributed by atoms with van der Waals surface area (Å²) in [5.74, 6) is 5.52. The minimum Gasteiger partial charge on any atom is -0.393 e. The molecule has 11 heteroatoms. The predicted octanol–water partition coefficient (Wildman–Crippen LogP) is 2.44. The second kappa shape index (κ2) is 8.38. The van der Waals surface area contributed by atoms with Crippen molar-refractivity contribution < 1.29 is 9.18 Å². The molecule has 4 aromatic rings. The Morgan fingerprint density at radius 2 is 2.12 bits per heavy atom. The fraction of sp³-hybridized carbons (Fsp3) is 0.227. The van der Waals surface area contributed by atoms with Crippen LogP contribution < -0.4 is 16.9 Å². The molecule has 1 fully saturated rings. The van der Waals surface area contributed by atoms with Gasteiger partial charge in [0.25, 0.3) is 5.91 Å². The van der Waals surface area contributed by atoms with Crippen LogP contribution in [0.25, 0.3) is 11.2 Å². The van der Waals surface area contributed by atoms with Crippen LogP contribution in [0.1, 0.15) is 35.7 Å². The van der Waals surface area contributed by atoms with Crippen LogP contribution in [-0.4, -0.2) is 29.7 Å². The van der Waals surface area contributed by atoms with Crippen LogP contribution in [0.4, 0.5) is 4.39 Å². The number of nitrogens with one attached hydrogen (secondary N) is 1. The predicted molar refractivity (Wildman–Crippen MR) is 121 cm³/mol. The first-order chi connectivity index (χ1) is 15.9. The van der Waals surface area contributed by atoms with Gasteiger partial charge in [-0.2, -0.15) is 0 Å². The summed E-state index contributed by atoms with van der Waals surface area (Å²) in [5, 5.41) is 3.89. The third kappa shape index (κ3) is 4.35. The molecule has 33 heavy (non-hydrogen) atoms. The summed E-state index contributed by atoms with van der Waals surface area (Å²) in [6, 6.07) is 5.53. The quantitative estimate of drug-likeness (QED) is 0.218. The Labute approximate surface area is 193 Å². The number of halogens is 2. The number of carbonyl (C=O) groups excluding carboxylic acids is 1. The van der Waals surface area contributed by atoms with Gasteiger partial charge in [0.2, 0.25) is 0 Å². The average molecular weight is 469 g/mol. The van der Waals surface area contributed by atoms with Gasteiger partial charge >= 0.3 is 0 Å². The van der Waals surface area contributed by atoms with Crippen LogP contribution >= 0.6 is 11.6 Å². The highest BCUT2D eigenvalue weighted by atomic mass is 35.5. The Bertz CT molecular complexity index is 1390. The number of hydrazine groups is 1. The average Bonchev–Trinajstić information content (AvgIpc) is 3.43. The van der Waals surface area contributed by atoms with Crippen LogP contribution in [0.15, 0.2) is 55.0 Å². The van der Waals surface area contributed by atoms with E-state index in [4.69, 9.17) is 23.2 Å². The molecular formula is C22H22ClFN8O. The Balaban J connectivity index is 1.22. The maximum Gasteiger partial charge on any atom is 0.269 e. The van der Waals surface area contributed by atoms with Gasteiger partial charge in [-0.3, -0.25) is 4.79 Å². The molecule has 9 nitrogen and oxygen atoms in total. The van der Waals surface area contributed by atoms with E-state index in [-0.39, 0.29) is 29.3 Å². The Morgan fingerprint density at radius 3 is 2.91 bits per heavy atom. The van der Waals surface area contributed by atoms with Crippen LogP contribution in [0, 0.1) is 5.82 Å². The number of hydrogen-bond donors (Lipinski definition) is 3. The van der Waals surface area contributed by atoms with Crippen LogP contribution in [0.5, 0.6) is 0 Å². The van der Waals surface area contributed by atoms with E-state index in [2.05, 4.69) is 27.5 Å². The van der Waals surface area contributed by atoms with E-state index in [9.17, 15) is 9.18 Å². The molecule has 5 rings (SSSR count). The molecule has 0 bridgehead atoms. The molecule has 0 atom stereocenters. The number of amides is 1. The first kappa shape index (κ1) is 21.2. The van der Waals surface area contributed by atoms with Crippen molar-refractivity contribution in [3.63, 3.8) is 0 Å². The highest BCUT2D eigenvalue weighted by Crippen LogP contribution is 2.39. The van der Waals surface area contributed by atoms with Crippen LogP contribution in [0.2, 0.25) is 5.02 Å². The van der Waals surface area contributed by atoms with Gasteiger partial charge in [-0.05, 0) is 36.5 Å². The summed E-state index contributed by atoms with van der Waals surface area (Å²) in [7, 11) is 0. The lowest BCUT2D eigenvalue weighted by Crippen LogP contribution is -2.32. The van der Waals surface area contributed by atoms with E-state index in [1.165, 1.54) is 46.4 Å². The van der Waals surface area contributed by atoms with Gasteiger partial charge in [-0.15, -0.1) is 0 Å². The number of nitrogens with zero attached hydrogens (tertiary/aromatic N) is 5. The molecule has 0 radical (unpaired) electrons. The van der Waals surface area contributed by atoms with E-state index in [0.717, 1.165) is 11.3 Å².